The number of ether oxygens (including phenoxy) is 2. The van der Waals surface area contributed by atoms with E-state index in [1.165, 1.54) is 5.56 Å². The van der Waals surface area contributed by atoms with Crippen LogP contribution < -0.4 is 14.8 Å². The Labute approximate surface area is 154 Å². The molecule has 0 spiro atoms. The van der Waals surface area contributed by atoms with Crippen molar-refractivity contribution in [3.8, 4) is 11.5 Å². The molecule has 4 nitrogen and oxygen atoms in total. The molecule has 0 aliphatic carbocycles. The molecule has 0 saturated heterocycles. The molecule has 0 bridgehead atoms. The van der Waals surface area contributed by atoms with E-state index in [1.807, 2.05) is 32.0 Å². The normalized spacial score (nSPS) is 10.4. The van der Waals surface area contributed by atoms with Gasteiger partial charge < -0.3 is 14.8 Å². The summed E-state index contributed by atoms with van der Waals surface area (Å²) >= 11 is 6.08. The maximum Gasteiger partial charge on any atom is 0.224 e. The van der Waals surface area contributed by atoms with Crippen molar-refractivity contribution < 1.29 is 14.3 Å². The first kappa shape index (κ1) is 19.1. The highest BCUT2D eigenvalue weighted by atomic mass is 35.5. The second kappa shape index (κ2) is 8.77. The van der Waals surface area contributed by atoms with E-state index in [1.54, 1.807) is 13.2 Å². The summed E-state index contributed by atoms with van der Waals surface area (Å²) in [4.78, 5) is 12.2. The molecular formula is C20H24ClNO3. The molecule has 0 aromatic heterocycles. The summed E-state index contributed by atoms with van der Waals surface area (Å²) in [6.07, 6.45) is 1.00. The topological polar surface area (TPSA) is 47.6 Å². The van der Waals surface area contributed by atoms with Gasteiger partial charge >= 0.3 is 0 Å². The van der Waals surface area contributed by atoms with Crippen LogP contribution in [0.1, 0.15) is 29.5 Å². The predicted molar refractivity (Wildman–Crippen MR) is 102 cm³/mol. The Hall–Kier alpha value is -2.20. The number of anilines is 1. The first-order valence-corrected chi connectivity index (χ1v) is 8.63. The zero-order chi connectivity index (χ0) is 18.4. The van der Waals surface area contributed by atoms with Crippen LogP contribution in [0.4, 0.5) is 5.69 Å². The van der Waals surface area contributed by atoms with E-state index in [2.05, 4.69) is 18.3 Å². The first-order chi connectivity index (χ1) is 11.9. The quantitative estimate of drug-likeness (QED) is 0.700. The maximum absolute atomic E-state index is 12.2. The summed E-state index contributed by atoms with van der Waals surface area (Å²) < 4.78 is 11.0. The summed E-state index contributed by atoms with van der Waals surface area (Å²) in [6.45, 7) is 6.47. The fraction of sp³-hybridized carbons (Fsp3) is 0.350. The number of benzene rings is 2. The number of carbonyl (C=O) groups excluding carboxylic acids is 1. The molecule has 2 aromatic rings. The lowest BCUT2D eigenvalue weighted by Gasteiger charge is -2.13. The molecule has 1 amide bonds. The van der Waals surface area contributed by atoms with Gasteiger partial charge in [0.05, 0.1) is 19.4 Å². The summed E-state index contributed by atoms with van der Waals surface area (Å²) in [5, 5.41) is 3.48. The van der Waals surface area contributed by atoms with Crippen LogP contribution in [-0.2, 0) is 4.79 Å². The van der Waals surface area contributed by atoms with E-state index in [0.717, 1.165) is 16.9 Å². The number of hydrogen-bond donors (Lipinski definition) is 1. The van der Waals surface area contributed by atoms with E-state index in [9.17, 15) is 4.79 Å². The molecular weight excluding hydrogens is 338 g/mol. The zero-order valence-electron chi connectivity index (χ0n) is 15.1. The van der Waals surface area contributed by atoms with Crippen LogP contribution in [-0.4, -0.2) is 19.6 Å². The van der Waals surface area contributed by atoms with Crippen molar-refractivity contribution in [2.45, 2.75) is 33.6 Å². The zero-order valence-corrected chi connectivity index (χ0v) is 15.9. The van der Waals surface area contributed by atoms with Gasteiger partial charge in [-0.1, -0.05) is 23.7 Å². The van der Waals surface area contributed by atoms with Crippen LogP contribution in [0, 0.1) is 20.8 Å². The fourth-order valence-electron chi connectivity index (χ4n) is 2.44. The number of methoxy groups -OCH3 is 1. The number of amides is 1. The van der Waals surface area contributed by atoms with Gasteiger partial charge in [0.2, 0.25) is 5.91 Å². The van der Waals surface area contributed by atoms with Gasteiger partial charge in [-0.2, -0.15) is 0 Å². The third kappa shape index (κ3) is 5.13. The number of carbonyl (C=O) groups is 1. The van der Waals surface area contributed by atoms with E-state index in [4.69, 9.17) is 21.1 Å². The second-order valence-electron chi connectivity index (χ2n) is 6.00. The van der Waals surface area contributed by atoms with Gasteiger partial charge in [0, 0.05) is 17.5 Å². The average Bonchev–Trinajstić information content (AvgIpc) is 2.58. The molecule has 2 rings (SSSR count). The molecule has 2 aromatic carbocycles. The van der Waals surface area contributed by atoms with Crippen LogP contribution >= 0.6 is 11.6 Å². The van der Waals surface area contributed by atoms with Crippen LogP contribution in [0.25, 0.3) is 0 Å². The van der Waals surface area contributed by atoms with Crippen molar-refractivity contribution in [2.24, 2.45) is 0 Å². The van der Waals surface area contributed by atoms with E-state index in [0.29, 0.717) is 35.9 Å². The van der Waals surface area contributed by atoms with E-state index < -0.39 is 0 Å². The Kier molecular flexibility index (Phi) is 6.71. The van der Waals surface area contributed by atoms with E-state index in [-0.39, 0.29) is 5.91 Å². The Balaban J connectivity index is 1.85. The molecule has 0 saturated carbocycles. The minimum absolute atomic E-state index is 0.0791. The third-order valence-electron chi connectivity index (χ3n) is 4.12. The monoisotopic (exact) mass is 361 g/mol. The van der Waals surface area contributed by atoms with Gasteiger partial charge in [-0.25, -0.2) is 0 Å². The van der Waals surface area contributed by atoms with Gasteiger partial charge in [-0.3, -0.25) is 4.79 Å². The molecule has 0 aliphatic heterocycles. The number of nitrogens with one attached hydrogen (secondary N) is 1. The average molecular weight is 362 g/mol. The molecule has 0 fully saturated rings. The molecule has 134 valence electrons. The van der Waals surface area contributed by atoms with Crippen molar-refractivity contribution in [3.05, 3.63) is 52.0 Å². The first-order valence-electron chi connectivity index (χ1n) is 8.25. The summed E-state index contributed by atoms with van der Waals surface area (Å²) in [5.41, 5.74) is 3.84. The van der Waals surface area contributed by atoms with Crippen molar-refractivity contribution in [3.63, 3.8) is 0 Å². The fourth-order valence-corrected chi connectivity index (χ4v) is 2.59. The van der Waals surface area contributed by atoms with Crippen molar-refractivity contribution in [2.75, 3.05) is 19.0 Å². The Morgan fingerprint density at radius 1 is 1.12 bits per heavy atom. The number of halogens is 1. The Morgan fingerprint density at radius 3 is 2.60 bits per heavy atom. The summed E-state index contributed by atoms with van der Waals surface area (Å²) in [7, 11) is 1.55. The molecule has 0 unspecified atom stereocenters. The highest BCUT2D eigenvalue weighted by Crippen LogP contribution is 2.31. The molecule has 25 heavy (non-hydrogen) atoms. The number of aryl methyl sites for hydroxylation is 2. The molecule has 0 heterocycles. The van der Waals surface area contributed by atoms with Crippen LogP contribution in [0.2, 0.25) is 5.02 Å². The van der Waals surface area contributed by atoms with Crippen LogP contribution in [0.3, 0.4) is 0 Å². The van der Waals surface area contributed by atoms with Crippen LogP contribution in [0.15, 0.2) is 30.3 Å². The van der Waals surface area contributed by atoms with E-state index >= 15 is 0 Å². The summed E-state index contributed by atoms with van der Waals surface area (Å²) in [5.74, 6) is 1.34. The second-order valence-corrected chi connectivity index (χ2v) is 6.41. The molecule has 0 atom stereocenters. The standard InChI is InChI=1S/C20H24ClNO3/c1-13-7-5-8-18(15(13)3)25-10-6-9-20(23)22-17-11-14(2)16(21)12-19(17)24-4/h5,7-8,11-12H,6,9-10H2,1-4H3,(H,22,23). The number of rotatable bonds is 7. The number of hydrogen-bond acceptors (Lipinski definition) is 3. The lowest BCUT2D eigenvalue weighted by atomic mass is 10.1. The lowest BCUT2D eigenvalue weighted by Crippen LogP contribution is -2.14. The Bertz CT molecular complexity index is 759. The minimum Gasteiger partial charge on any atom is -0.495 e. The smallest absolute Gasteiger partial charge is 0.224 e. The van der Waals surface area contributed by atoms with Crippen LogP contribution in [0.5, 0.6) is 11.5 Å². The van der Waals surface area contributed by atoms with Crippen molar-refractivity contribution in [1.29, 1.82) is 0 Å². The highest BCUT2D eigenvalue weighted by Gasteiger charge is 2.10. The predicted octanol–water partition coefficient (Wildman–Crippen LogP) is 5.07. The maximum atomic E-state index is 12.2. The van der Waals surface area contributed by atoms with Gasteiger partial charge in [0.1, 0.15) is 11.5 Å². The van der Waals surface area contributed by atoms with Crippen molar-refractivity contribution in [1.82, 2.24) is 0 Å². The lowest BCUT2D eigenvalue weighted by molar-refractivity contribution is -0.116. The van der Waals surface area contributed by atoms with Gasteiger partial charge in [0.25, 0.3) is 0 Å². The minimum atomic E-state index is -0.0791. The van der Waals surface area contributed by atoms with Gasteiger partial charge in [0.15, 0.2) is 0 Å². The molecule has 1 N–H and O–H groups in total. The summed E-state index contributed by atoms with van der Waals surface area (Å²) in [6, 6.07) is 9.49. The SMILES string of the molecule is COc1cc(Cl)c(C)cc1NC(=O)CCCOc1cccc(C)c1C. The van der Waals surface area contributed by atoms with Gasteiger partial charge in [-0.05, 0) is 56.0 Å². The molecule has 0 aliphatic rings. The molecule has 0 radical (unpaired) electrons. The largest absolute Gasteiger partial charge is 0.495 e. The highest BCUT2D eigenvalue weighted by molar-refractivity contribution is 6.31. The Morgan fingerprint density at radius 2 is 1.88 bits per heavy atom. The third-order valence-corrected chi connectivity index (χ3v) is 4.52. The van der Waals surface area contributed by atoms with Crippen molar-refractivity contribution >= 4 is 23.2 Å². The van der Waals surface area contributed by atoms with Gasteiger partial charge in [-0.15, -0.1) is 0 Å². The molecule has 5 heteroatoms.